The first-order chi connectivity index (χ1) is 13.4. The summed E-state index contributed by atoms with van der Waals surface area (Å²) in [7, 11) is 0. The Hall–Kier alpha value is -3.46. The van der Waals surface area contributed by atoms with Crippen molar-refractivity contribution >= 4 is 5.91 Å². The summed E-state index contributed by atoms with van der Waals surface area (Å²) in [5, 5.41) is 3.35. The first-order valence-corrected chi connectivity index (χ1v) is 8.04. The lowest BCUT2D eigenvalue weighted by Gasteiger charge is -2.10. The minimum atomic E-state index is -4.70. The normalized spacial score (nSPS) is 11.2. The monoisotopic (exact) mass is 389 g/mol. The highest BCUT2D eigenvalue weighted by Gasteiger charge is 2.38. The highest BCUT2D eigenvalue weighted by Crippen LogP contribution is 2.30. The van der Waals surface area contributed by atoms with Crippen LogP contribution < -0.4 is 5.48 Å². The van der Waals surface area contributed by atoms with Gasteiger partial charge in [0, 0.05) is 11.1 Å². The van der Waals surface area contributed by atoms with Crippen LogP contribution in [0.25, 0.3) is 22.5 Å². The van der Waals surface area contributed by atoms with Crippen molar-refractivity contribution in [2.24, 2.45) is 0 Å². The molecule has 0 unspecified atom stereocenters. The zero-order chi connectivity index (χ0) is 20.1. The molecule has 0 saturated heterocycles. The Morgan fingerprint density at radius 1 is 1.14 bits per heavy atom. The van der Waals surface area contributed by atoms with Crippen LogP contribution in [0.3, 0.4) is 0 Å². The lowest BCUT2D eigenvalue weighted by molar-refractivity contribution is -0.159. The quantitative estimate of drug-likeness (QED) is 0.387. The van der Waals surface area contributed by atoms with Crippen LogP contribution in [0, 0.1) is 0 Å². The number of nitrogens with zero attached hydrogens (tertiary/aromatic N) is 2. The Bertz CT molecular complexity index is 982. The fraction of sp³-hybridized carbons (Fsp3) is 0.105. The smallest absolute Gasteiger partial charge is 0.329 e. The second-order valence-electron chi connectivity index (χ2n) is 5.57. The van der Waals surface area contributed by atoms with E-state index in [1.54, 1.807) is 48.5 Å². The van der Waals surface area contributed by atoms with Crippen LogP contribution in [0.15, 0.2) is 65.7 Å². The summed E-state index contributed by atoms with van der Waals surface area (Å²) < 4.78 is 42.0. The molecule has 1 N–H and O–H groups in total. The Morgan fingerprint density at radius 2 is 1.82 bits per heavy atom. The molecule has 1 aromatic heterocycles. The van der Waals surface area contributed by atoms with Gasteiger partial charge in [0.2, 0.25) is 5.82 Å². The van der Waals surface area contributed by atoms with E-state index in [9.17, 15) is 18.0 Å². The molecular weight excluding hydrogens is 375 g/mol. The van der Waals surface area contributed by atoms with E-state index in [-0.39, 0.29) is 12.4 Å². The molecule has 3 rings (SSSR count). The van der Waals surface area contributed by atoms with E-state index in [0.29, 0.717) is 22.3 Å². The average molecular weight is 389 g/mol. The van der Waals surface area contributed by atoms with Crippen molar-refractivity contribution < 1.29 is 27.3 Å². The maximum absolute atomic E-state index is 12.6. The molecule has 0 atom stereocenters. The molecule has 0 saturated carbocycles. The van der Waals surface area contributed by atoms with Crippen LogP contribution in [0.4, 0.5) is 13.2 Å². The summed E-state index contributed by atoms with van der Waals surface area (Å²) in [6, 6.07) is 13.2. The number of amides is 1. The van der Waals surface area contributed by atoms with Gasteiger partial charge >= 0.3 is 12.1 Å². The van der Waals surface area contributed by atoms with Crippen molar-refractivity contribution in [3.63, 3.8) is 0 Å². The molecule has 3 aromatic rings. The Morgan fingerprint density at radius 3 is 2.46 bits per heavy atom. The molecule has 0 aliphatic carbocycles. The first kappa shape index (κ1) is 19.3. The van der Waals surface area contributed by atoms with Crippen molar-refractivity contribution in [1.29, 1.82) is 0 Å². The molecule has 0 fully saturated rings. The molecule has 1 amide bonds. The van der Waals surface area contributed by atoms with Gasteiger partial charge in [-0.15, -0.1) is 6.58 Å². The number of carbonyl (C=O) groups excluding carboxylic acids is 1. The van der Waals surface area contributed by atoms with Gasteiger partial charge in [0.1, 0.15) is 0 Å². The predicted octanol–water partition coefficient (Wildman–Crippen LogP) is 4.27. The number of rotatable bonds is 6. The van der Waals surface area contributed by atoms with E-state index in [4.69, 9.17) is 4.84 Å². The third-order valence-electron chi connectivity index (χ3n) is 3.66. The Labute approximate surface area is 157 Å². The fourth-order valence-corrected chi connectivity index (χ4v) is 2.41. The molecule has 28 heavy (non-hydrogen) atoms. The van der Waals surface area contributed by atoms with Gasteiger partial charge in [-0.05, 0) is 17.2 Å². The van der Waals surface area contributed by atoms with Crippen LogP contribution >= 0.6 is 0 Å². The topological polar surface area (TPSA) is 77.2 Å². The molecule has 0 spiro atoms. The number of hydrogen-bond donors (Lipinski definition) is 1. The summed E-state index contributed by atoms with van der Waals surface area (Å²) in [6.45, 7) is 3.65. The summed E-state index contributed by atoms with van der Waals surface area (Å²) in [6.07, 6.45) is -3.21. The molecule has 0 radical (unpaired) electrons. The number of aromatic nitrogens is 2. The van der Waals surface area contributed by atoms with Crippen LogP contribution in [0.2, 0.25) is 0 Å². The number of benzene rings is 2. The summed E-state index contributed by atoms with van der Waals surface area (Å²) >= 11 is 0. The molecule has 0 bridgehead atoms. The highest BCUT2D eigenvalue weighted by molar-refractivity contribution is 6.00. The molecule has 6 nitrogen and oxygen atoms in total. The van der Waals surface area contributed by atoms with Crippen molar-refractivity contribution in [2.45, 2.75) is 6.18 Å². The molecular formula is C19H14F3N3O3. The van der Waals surface area contributed by atoms with Crippen LogP contribution in [0.1, 0.15) is 16.2 Å². The molecule has 0 aliphatic rings. The Kier molecular flexibility index (Phi) is 5.55. The van der Waals surface area contributed by atoms with Gasteiger partial charge in [0.15, 0.2) is 0 Å². The van der Waals surface area contributed by atoms with Gasteiger partial charge in [-0.3, -0.25) is 9.63 Å². The summed E-state index contributed by atoms with van der Waals surface area (Å²) in [5.41, 5.74) is 4.34. The summed E-state index contributed by atoms with van der Waals surface area (Å²) in [4.78, 5) is 20.6. The van der Waals surface area contributed by atoms with E-state index in [1.807, 2.05) is 0 Å². The standard InChI is InChI=1S/C19H14F3N3O3/c1-2-11-27-25-17(26)15-6-4-3-5-14(15)12-7-9-13(10-8-12)16-23-18(28-24-16)19(20,21)22/h2-10H,1,11H2,(H,25,26). The number of hydroxylamine groups is 1. The van der Waals surface area contributed by atoms with Gasteiger partial charge in [-0.1, -0.05) is 53.7 Å². The van der Waals surface area contributed by atoms with Crippen molar-refractivity contribution in [3.05, 3.63) is 72.6 Å². The van der Waals surface area contributed by atoms with Crippen LogP contribution in [0.5, 0.6) is 0 Å². The van der Waals surface area contributed by atoms with Gasteiger partial charge in [-0.25, -0.2) is 5.48 Å². The molecule has 1 heterocycles. The summed E-state index contributed by atoms with van der Waals surface area (Å²) in [5.74, 6) is -2.02. The predicted molar refractivity (Wildman–Crippen MR) is 93.8 cm³/mol. The minimum absolute atomic E-state index is 0.160. The molecule has 0 aliphatic heterocycles. The molecule has 9 heteroatoms. The van der Waals surface area contributed by atoms with Crippen molar-refractivity contribution in [3.8, 4) is 22.5 Å². The number of hydrogen-bond acceptors (Lipinski definition) is 5. The Balaban J connectivity index is 1.85. The first-order valence-electron chi connectivity index (χ1n) is 8.04. The van der Waals surface area contributed by atoms with Crippen molar-refractivity contribution in [2.75, 3.05) is 6.61 Å². The van der Waals surface area contributed by atoms with Gasteiger partial charge in [-0.2, -0.15) is 18.2 Å². The second kappa shape index (κ2) is 8.05. The number of nitrogens with one attached hydrogen (secondary N) is 1. The van der Waals surface area contributed by atoms with E-state index in [0.717, 1.165) is 0 Å². The molecule has 144 valence electrons. The zero-order valence-electron chi connectivity index (χ0n) is 14.4. The average Bonchev–Trinajstić information content (AvgIpc) is 3.19. The van der Waals surface area contributed by atoms with Crippen LogP contribution in [-0.4, -0.2) is 22.7 Å². The highest BCUT2D eigenvalue weighted by atomic mass is 19.4. The fourth-order valence-electron chi connectivity index (χ4n) is 2.41. The number of halogens is 3. The van der Waals surface area contributed by atoms with Gasteiger partial charge < -0.3 is 4.52 Å². The molecule has 2 aromatic carbocycles. The van der Waals surface area contributed by atoms with E-state index in [2.05, 4.69) is 26.7 Å². The maximum Gasteiger partial charge on any atom is 0.471 e. The lowest BCUT2D eigenvalue weighted by atomic mass is 9.98. The van der Waals surface area contributed by atoms with Gasteiger partial charge in [0.25, 0.3) is 5.91 Å². The van der Waals surface area contributed by atoms with Crippen molar-refractivity contribution in [1.82, 2.24) is 15.6 Å². The zero-order valence-corrected chi connectivity index (χ0v) is 14.4. The SMILES string of the molecule is C=CCONC(=O)c1ccccc1-c1ccc(-c2noc(C(F)(F)F)n2)cc1. The van der Waals surface area contributed by atoms with E-state index in [1.165, 1.54) is 6.08 Å². The van der Waals surface area contributed by atoms with E-state index < -0.39 is 18.0 Å². The van der Waals surface area contributed by atoms with E-state index >= 15 is 0 Å². The van der Waals surface area contributed by atoms with Gasteiger partial charge in [0.05, 0.1) is 6.61 Å². The minimum Gasteiger partial charge on any atom is -0.329 e. The van der Waals surface area contributed by atoms with Crippen LogP contribution in [-0.2, 0) is 11.0 Å². The third kappa shape index (κ3) is 4.26. The second-order valence-corrected chi connectivity index (χ2v) is 5.57. The lowest BCUT2D eigenvalue weighted by Crippen LogP contribution is -2.24. The maximum atomic E-state index is 12.6. The largest absolute Gasteiger partial charge is 0.471 e. The third-order valence-corrected chi connectivity index (χ3v) is 3.66. The number of carbonyl (C=O) groups is 1. The number of alkyl halides is 3.